The molecule has 0 unspecified atom stereocenters. The number of carbonyl (C=O) groups is 1. The third-order valence-electron chi connectivity index (χ3n) is 5.31. The quantitative estimate of drug-likeness (QED) is 0.467. The van der Waals surface area contributed by atoms with Crippen LogP contribution in [0.5, 0.6) is 5.75 Å². The number of aliphatic hydroxyl groups excluding tert-OH is 1. The predicted octanol–water partition coefficient (Wildman–Crippen LogP) is 2.29. The van der Waals surface area contributed by atoms with E-state index in [4.69, 9.17) is 4.74 Å². The lowest BCUT2D eigenvalue weighted by molar-refractivity contribution is -0.121. The van der Waals surface area contributed by atoms with E-state index in [1.165, 1.54) is 15.3 Å². The first kappa shape index (κ1) is 21.3. The Morgan fingerprint density at radius 2 is 1.81 bits per heavy atom. The maximum atomic E-state index is 13.1. The summed E-state index contributed by atoms with van der Waals surface area (Å²) in [6.07, 6.45) is 3.13. The molecule has 4 aromatic rings. The lowest BCUT2D eigenvalue weighted by atomic mass is 10.1. The van der Waals surface area contributed by atoms with Gasteiger partial charge in [0.05, 0.1) is 19.4 Å². The van der Waals surface area contributed by atoms with Crippen molar-refractivity contribution >= 4 is 11.4 Å². The summed E-state index contributed by atoms with van der Waals surface area (Å²) in [5.41, 5.74) is 3.65. The third-order valence-corrected chi connectivity index (χ3v) is 5.31. The number of rotatable bonds is 7. The van der Waals surface area contributed by atoms with Gasteiger partial charge < -0.3 is 19.7 Å². The standard InChI is InChI=1S/C24H24N4O4/c1-16-3-5-17(6-4-16)13-25-21(30)14-27-11-12-28-23(24(27)31)20(15-29)22(26-28)18-7-9-19(32-2)10-8-18/h3-12,29H,13-15H2,1-2H3,(H,25,30). The van der Waals surface area contributed by atoms with E-state index in [1.807, 2.05) is 43.3 Å². The minimum atomic E-state index is -0.394. The molecular formula is C24H24N4O4. The van der Waals surface area contributed by atoms with Crippen LogP contribution in [0.15, 0.2) is 65.7 Å². The minimum absolute atomic E-state index is 0.130. The van der Waals surface area contributed by atoms with Gasteiger partial charge in [-0.2, -0.15) is 5.10 Å². The van der Waals surface area contributed by atoms with Crippen LogP contribution in [0.3, 0.4) is 0 Å². The lowest BCUT2D eigenvalue weighted by Crippen LogP contribution is -2.32. The number of amides is 1. The van der Waals surface area contributed by atoms with Crippen LogP contribution in [0.25, 0.3) is 16.8 Å². The fourth-order valence-corrected chi connectivity index (χ4v) is 3.52. The van der Waals surface area contributed by atoms with Crippen molar-refractivity contribution in [2.75, 3.05) is 7.11 Å². The van der Waals surface area contributed by atoms with E-state index in [0.29, 0.717) is 23.6 Å². The number of ether oxygens (including phenoxy) is 1. The van der Waals surface area contributed by atoms with Crippen molar-refractivity contribution in [3.05, 3.63) is 88.0 Å². The summed E-state index contributed by atoms with van der Waals surface area (Å²) in [6.45, 7) is 1.90. The summed E-state index contributed by atoms with van der Waals surface area (Å²) in [4.78, 5) is 25.5. The Labute approximate surface area is 184 Å². The highest BCUT2D eigenvalue weighted by molar-refractivity contribution is 5.76. The van der Waals surface area contributed by atoms with Gasteiger partial charge in [-0.15, -0.1) is 0 Å². The number of aliphatic hydroxyl groups is 1. The van der Waals surface area contributed by atoms with Gasteiger partial charge in [0.25, 0.3) is 5.56 Å². The van der Waals surface area contributed by atoms with Crippen molar-refractivity contribution in [3.8, 4) is 17.0 Å². The number of hydrogen-bond acceptors (Lipinski definition) is 5. The Kier molecular flexibility index (Phi) is 6.04. The largest absolute Gasteiger partial charge is 0.497 e. The Morgan fingerprint density at radius 1 is 1.09 bits per heavy atom. The molecule has 1 amide bonds. The normalized spacial score (nSPS) is 11.0. The molecule has 0 saturated carbocycles. The van der Waals surface area contributed by atoms with Gasteiger partial charge in [0, 0.05) is 30.1 Å². The second kappa shape index (κ2) is 9.07. The van der Waals surface area contributed by atoms with Crippen molar-refractivity contribution in [2.45, 2.75) is 26.6 Å². The average molecular weight is 432 g/mol. The van der Waals surface area contributed by atoms with E-state index in [9.17, 15) is 14.7 Å². The summed E-state index contributed by atoms with van der Waals surface area (Å²) >= 11 is 0. The zero-order chi connectivity index (χ0) is 22.7. The Morgan fingerprint density at radius 3 is 2.47 bits per heavy atom. The molecule has 2 heterocycles. The van der Waals surface area contributed by atoms with E-state index in [2.05, 4.69) is 10.4 Å². The van der Waals surface area contributed by atoms with Crippen LogP contribution in [0, 0.1) is 6.92 Å². The van der Waals surface area contributed by atoms with Crippen molar-refractivity contribution in [1.29, 1.82) is 0 Å². The highest BCUT2D eigenvalue weighted by Crippen LogP contribution is 2.26. The van der Waals surface area contributed by atoms with Gasteiger partial charge in [0.1, 0.15) is 17.8 Å². The smallest absolute Gasteiger partial charge is 0.277 e. The zero-order valence-corrected chi connectivity index (χ0v) is 17.9. The molecule has 164 valence electrons. The van der Waals surface area contributed by atoms with Crippen molar-refractivity contribution in [1.82, 2.24) is 19.5 Å². The van der Waals surface area contributed by atoms with E-state index in [0.717, 1.165) is 16.7 Å². The molecule has 32 heavy (non-hydrogen) atoms. The number of fused-ring (bicyclic) bond motifs is 1. The average Bonchev–Trinajstić information content (AvgIpc) is 3.20. The predicted molar refractivity (Wildman–Crippen MR) is 120 cm³/mol. The maximum Gasteiger partial charge on any atom is 0.277 e. The molecule has 0 aliphatic rings. The molecule has 0 aliphatic heterocycles. The lowest BCUT2D eigenvalue weighted by Gasteiger charge is -2.08. The van der Waals surface area contributed by atoms with Gasteiger partial charge in [-0.05, 0) is 36.8 Å². The van der Waals surface area contributed by atoms with Gasteiger partial charge in [-0.1, -0.05) is 29.8 Å². The van der Waals surface area contributed by atoms with Crippen LogP contribution in [-0.2, 0) is 24.5 Å². The highest BCUT2D eigenvalue weighted by atomic mass is 16.5. The molecule has 0 bridgehead atoms. The Bertz CT molecular complexity index is 1310. The molecule has 0 atom stereocenters. The molecule has 8 heteroatoms. The molecule has 0 aliphatic carbocycles. The van der Waals surface area contributed by atoms with Crippen molar-refractivity contribution in [3.63, 3.8) is 0 Å². The topological polar surface area (TPSA) is 97.9 Å². The number of nitrogens with one attached hydrogen (secondary N) is 1. The number of hydrogen-bond donors (Lipinski definition) is 2. The van der Waals surface area contributed by atoms with Gasteiger partial charge in [-0.3, -0.25) is 9.59 Å². The molecular weight excluding hydrogens is 408 g/mol. The van der Waals surface area contributed by atoms with Crippen LogP contribution < -0.4 is 15.6 Å². The maximum absolute atomic E-state index is 13.1. The van der Waals surface area contributed by atoms with Crippen LogP contribution in [0.1, 0.15) is 16.7 Å². The first-order valence-electron chi connectivity index (χ1n) is 10.2. The van der Waals surface area contributed by atoms with Crippen molar-refractivity contribution < 1.29 is 14.6 Å². The molecule has 2 aromatic heterocycles. The number of aryl methyl sites for hydroxylation is 1. The molecule has 4 rings (SSSR count). The highest BCUT2D eigenvalue weighted by Gasteiger charge is 2.18. The third kappa shape index (κ3) is 4.26. The number of nitrogens with zero attached hydrogens (tertiary/aromatic N) is 3. The fourth-order valence-electron chi connectivity index (χ4n) is 3.52. The van der Waals surface area contributed by atoms with Crippen LogP contribution in [-0.4, -0.2) is 32.3 Å². The SMILES string of the molecule is COc1ccc(-c2nn3ccn(CC(=O)NCc4ccc(C)cc4)c(=O)c3c2CO)cc1. The van der Waals surface area contributed by atoms with E-state index < -0.39 is 5.56 Å². The van der Waals surface area contributed by atoms with Crippen LogP contribution >= 0.6 is 0 Å². The molecule has 2 aromatic carbocycles. The fraction of sp³-hybridized carbons (Fsp3) is 0.208. The summed E-state index contributed by atoms with van der Waals surface area (Å²) in [7, 11) is 1.58. The first-order valence-corrected chi connectivity index (χ1v) is 10.2. The second-order valence-corrected chi connectivity index (χ2v) is 7.50. The van der Waals surface area contributed by atoms with Gasteiger partial charge in [0.2, 0.25) is 5.91 Å². The number of carbonyl (C=O) groups excluding carboxylic acids is 1. The molecule has 2 N–H and O–H groups in total. The summed E-state index contributed by atoms with van der Waals surface area (Å²) < 4.78 is 7.94. The zero-order valence-electron chi connectivity index (χ0n) is 17.9. The summed E-state index contributed by atoms with van der Waals surface area (Å²) in [6, 6.07) is 15.1. The monoisotopic (exact) mass is 432 g/mol. The minimum Gasteiger partial charge on any atom is -0.497 e. The second-order valence-electron chi connectivity index (χ2n) is 7.50. The summed E-state index contributed by atoms with van der Waals surface area (Å²) in [5.74, 6) is 0.416. The molecule has 0 fully saturated rings. The van der Waals surface area contributed by atoms with Crippen LogP contribution in [0.2, 0.25) is 0 Å². The summed E-state index contributed by atoms with van der Waals surface area (Å²) in [5, 5.41) is 17.3. The molecule has 8 nitrogen and oxygen atoms in total. The Hall–Kier alpha value is -3.91. The van der Waals surface area contributed by atoms with Crippen molar-refractivity contribution in [2.24, 2.45) is 0 Å². The van der Waals surface area contributed by atoms with Gasteiger partial charge >= 0.3 is 0 Å². The number of methoxy groups -OCH3 is 1. The molecule has 0 radical (unpaired) electrons. The molecule has 0 saturated heterocycles. The number of aromatic nitrogens is 3. The van der Waals surface area contributed by atoms with Gasteiger partial charge in [0.15, 0.2) is 0 Å². The first-order chi connectivity index (χ1) is 15.5. The van der Waals surface area contributed by atoms with E-state index in [-0.39, 0.29) is 24.6 Å². The van der Waals surface area contributed by atoms with Gasteiger partial charge in [-0.25, -0.2) is 4.52 Å². The van der Waals surface area contributed by atoms with Crippen LogP contribution in [0.4, 0.5) is 0 Å². The van der Waals surface area contributed by atoms with E-state index >= 15 is 0 Å². The molecule has 0 spiro atoms. The Balaban J connectivity index is 1.59. The number of benzene rings is 2. The van der Waals surface area contributed by atoms with E-state index in [1.54, 1.807) is 25.4 Å².